The highest BCUT2D eigenvalue weighted by Crippen LogP contribution is 2.03. The Bertz CT molecular complexity index is 234. The molecule has 0 radical (unpaired) electrons. The maximum absolute atomic E-state index is 10.8. The second-order valence-electron chi connectivity index (χ2n) is 1.90. The number of carbonyl (C=O) groups is 1. The van der Waals surface area contributed by atoms with E-state index >= 15 is 0 Å². The molecule has 0 aliphatic rings. The Morgan fingerprint density at radius 2 is 2.67 bits per heavy atom. The average molecular weight is 172 g/mol. The topological polar surface area (TPSA) is 84.6 Å². The zero-order valence-electron chi connectivity index (χ0n) is 6.19. The van der Waals surface area contributed by atoms with Gasteiger partial charge in [-0.15, -0.1) is 0 Å². The van der Waals surface area contributed by atoms with Crippen LogP contribution in [0.15, 0.2) is 17.0 Å². The molecule has 0 bridgehead atoms. The molecule has 0 aromatic carbocycles. The van der Waals surface area contributed by atoms with Crippen molar-refractivity contribution in [3.05, 3.63) is 12.5 Å². The predicted octanol–water partition coefficient (Wildman–Crippen LogP) is 0.215. The van der Waals surface area contributed by atoms with Gasteiger partial charge in [0.1, 0.15) is 18.6 Å². The number of nitrogens with zero attached hydrogens (tertiary/aromatic N) is 1. The van der Waals surface area contributed by atoms with Gasteiger partial charge in [-0.1, -0.05) is 5.16 Å². The van der Waals surface area contributed by atoms with Crippen LogP contribution in [0, 0.1) is 0 Å². The van der Waals surface area contributed by atoms with E-state index in [1.165, 1.54) is 12.5 Å². The van der Waals surface area contributed by atoms with Gasteiger partial charge in [-0.25, -0.2) is 4.79 Å². The fourth-order valence-corrected chi connectivity index (χ4v) is 0.559. The third kappa shape index (κ3) is 2.59. The fraction of sp³-hybridized carbons (Fsp3) is 0.333. The first-order valence-electron chi connectivity index (χ1n) is 3.27. The van der Waals surface area contributed by atoms with E-state index in [1.54, 1.807) is 0 Å². The van der Waals surface area contributed by atoms with E-state index in [0.29, 0.717) is 5.69 Å². The molecule has 0 atom stereocenters. The molecule has 0 spiro atoms. The van der Waals surface area contributed by atoms with Crippen molar-refractivity contribution in [3.63, 3.8) is 0 Å². The van der Waals surface area contributed by atoms with Gasteiger partial charge in [0, 0.05) is 0 Å². The predicted molar refractivity (Wildman–Crippen MR) is 38.6 cm³/mol. The summed E-state index contributed by atoms with van der Waals surface area (Å²) in [6.45, 7) is -0.228. The Kier molecular flexibility index (Phi) is 3.09. The van der Waals surface area contributed by atoms with Gasteiger partial charge in [0.15, 0.2) is 0 Å². The SMILES string of the molecule is O=C(Nc1cnoc1)OCCO. The molecule has 0 saturated carbocycles. The summed E-state index contributed by atoms with van der Waals surface area (Å²) < 4.78 is 8.95. The maximum Gasteiger partial charge on any atom is 0.411 e. The quantitative estimate of drug-likeness (QED) is 0.681. The summed E-state index contributed by atoms with van der Waals surface area (Å²) in [4.78, 5) is 10.8. The van der Waals surface area contributed by atoms with Crippen LogP contribution in [0.2, 0.25) is 0 Å². The number of carbonyl (C=O) groups excluding carboxylic acids is 1. The number of amides is 1. The summed E-state index contributed by atoms with van der Waals surface area (Å²) in [5.74, 6) is 0. The lowest BCUT2D eigenvalue weighted by atomic mass is 10.6. The summed E-state index contributed by atoms with van der Waals surface area (Å²) in [5.41, 5.74) is 0.415. The van der Waals surface area contributed by atoms with Gasteiger partial charge in [-0.2, -0.15) is 0 Å². The highest BCUT2D eigenvalue weighted by Gasteiger charge is 2.02. The van der Waals surface area contributed by atoms with Crippen molar-refractivity contribution in [1.29, 1.82) is 0 Å². The largest absolute Gasteiger partial charge is 0.447 e. The van der Waals surface area contributed by atoms with E-state index in [4.69, 9.17) is 5.11 Å². The Labute approximate surface area is 68.1 Å². The van der Waals surface area contributed by atoms with Gasteiger partial charge >= 0.3 is 6.09 Å². The second-order valence-corrected chi connectivity index (χ2v) is 1.90. The smallest absolute Gasteiger partial charge is 0.411 e. The van der Waals surface area contributed by atoms with Crippen molar-refractivity contribution in [2.75, 3.05) is 18.5 Å². The lowest BCUT2D eigenvalue weighted by molar-refractivity contribution is 0.131. The van der Waals surface area contributed by atoms with E-state index in [0.717, 1.165) is 0 Å². The van der Waals surface area contributed by atoms with Crippen molar-refractivity contribution in [3.8, 4) is 0 Å². The number of aliphatic hydroxyl groups is 1. The zero-order valence-corrected chi connectivity index (χ0v) is 6.19. The number of aliphatic hydroxyl groups excluding tert-OH is 1. The Balaban J connectivity index is 2.27. The number of hydrogen-bond donors (Lipinski definition) is 2. The minimum atomic E-state index is -0.646. The molecule has 0 unspecified atom stereocenters. The third-order valence-electron chi connectivity index (χ3n) is 1.00. The molecule has 12 heavy (non-hydrogen) atoms. The summed E-state index contributed by atoms with van der Waals surface area (Å²) in [5, 5.41) is 14.0. The third-order valence-corrected chi connectivity index (χ3v) is 1.00. The lowest BCUT2D eigenvalue weighted by Gasteiger charge is -2.01. The Morgan fingerprint density at radius 3 is 3.25 bits per heavy atom. The van der Waals surface area contributed by atoms with Crippen LogP contribution in [-0.4, -0.2) is 29.6 Å². The Hall–Kier alpha value is -1.56. The van der Waals surface area contributed by atoms with Crippen LogP contribution >= 0.6 is 0 Å². The first-order chi connectivity index (χ1) is 5.83. The summed E-state index contributed by atoms with van der Waals surface area (Å²) in [6, 6.07) is 0. The average Bonchev–Trinajstić information content (AvgIpc) is 2.53. The molecule has 1 amide bonds. The fourth-order valence-electron chi connectivity index (χ4n) is 0.559. The number of rotatable bonds is 3. The second kappa shape index (κ2) is 4.35. The molecule has 0 aliphatic heterocycles. The molecule has 1 aromatic heterocycles. The molecule has 0 fully saturated rings. The number of ether oxygens (including phenoxy) is 1. The highest BCUT2D eigenvalue weighted by atomic mass is 16.6. The molecule has 66 valence electrons. The van der Waals surface area contributed by atoms with Gasteiger partial charge in [0.25, 0.3) is 0 Å². The molecule has 6 nitrogen and oxygen atoms in total. The monoisotopic (exact) mass is 172 g/mol. The molecule has 1 aromatic rings. The standard InChI is InChI=1S/C6H8N2O4/c9-1-2-11-6(10)8-5-3-7-12-4-5/h3-4,9H,1-2H2,(H,8,10). The van der Waals surface area contributed by atoms with E-state index in [1.807, 2.05) is 0 Å². The molecule has 1 heterocycles. The first-order valence-corrected chi connectivity index (χ1v) is 3.27. The number of nitrogens with one attached hydrogen (secondary N) is 1. The molecular weight excluding hydrogens is 164 g/mol. The van der Waals surface area contributed by atoms with Crippen LogP contribution < -0.4 is 5.32 Å². The normalized spacial score (nSPS) is 9.42. The van der Waals surface area contributed by atoms with E-state index in [-0.39, 0.29) is 13.2 Å². The molecule has 2 N–H and O–H groups in total. The molecular formula is C6H8N2O4. The van der Waals surface area contributed by atoms with Crippen molar-refractivity contribution in [2.45, 2.75) is 0 Å². The van der Waals surface area contributed by atoms with Crippen LogP contribution in [0.3, 0.4) is 0 Å². The lowest BCUT2D eigenvalue weighted by Crippen LogP contribution is -2.15. The maximum atomic E-state index is 10.8. The van der Waals surface area contributed by atoms with E-state index < -0.39 is 6.09 Å². The first kappa shape index (κ1) is 8.54. The van der Waals surface area contributed by atoms with Crippen LogP contribution in [0.4, 0.5) is 10.5 Å². The van der Waals surface area contributed by atoms with Gasteiger partial charge < -0.3 is 14.4 Å². The minimum absolute atomic E-state index is 0.0306. The molecule has 6 heteroatoms. The number of aromatic nitrogens is 1. The van der Waals surface area contributed by atoms with Gasteiger partial charge in [0.2, 0.25) is 0 Å². The summed E-state index contributed by atoms with van der Waals surface area (Å²) in [6.07, 6.45) is 1.95. The summed E-state index contributed by atoms with van der Waals surface area (Å²) >= 11 is 0. The van der Waals surface area contributed by atoms with Crippen LogP contribution in [0.25, 0.3) is 0 Å². The molecule has 0 aliphatic carbocycles. The van der Waals surface area contributed by atoms with Gasteiger partial charge in [0.05, 0.1) is 12.8 Å². The molecule has 1 rings (SSSR count). The van der Waals surface area contributed by atoms with E-state index in [2.05, 4.69) is 19.7 Å². The van der Waals surface area contributed by atoms with Crippen molar-refractivity contribution in [2.24, 2.45) is 0 Å². The zero-order chi connectivity index (χ0) is 8.81. The summed E-state index contributed by atoms with van der Waals surface area (Å²) in [7, 11) is 0. The number of hydrogen-bond acceptors (Lipinski definition) is 5. The van der Waals surface area contributed by atoms with Gasteiger partial charge in [-0.3, -0.25) is 5.32 Å². The minimum Gasteiger partial charge on any atom is -0.447 e. The van der Waals surface area contributed by atoms with Crippen LogP contribution in [0.1, 0.15) is 0 Å². The van der Waals surface area contributed by atoms with E-state index in [9.17, 15) is 4.79 Å². The van der Waals surface area contributed by atoms with Crippen molar-refractivity contribution in [1.82, 2.24) is 5.16 Å². The van der Waals surface area contributed by atoms with Crippen LogP contribution in [0.5, 0.6) is 0 Å². The van der Waals surface area contributed by atoms with Crippen LogP contribution in [-0.2, 0) is 4.74 Å². The molecule has 0 saturated heterocycles. The number of anilines is 1. The highest BCUT2D eigenvalue weighted by molar-refractivity contribution is 5.83. The van der Waals surface area contributed by atoms with Gasteiger partial charge in [-0.05, 0) is 0 Å². The van der Waals surface area contributed by atoms with Crippen molar-refractivity contribution >= 4 is 11.8 Å². The Morgan fingerprint density at radius 1 is 1.83 bits per heavy atom. The van der Waals surface area contributed by atoms with Crippen molar-refractivity contribution < 1.29 is 19.2 Å².